The average molecular weight is 238 g/mol. The van der Waals surface area contributed by atoms with E-state index in [0.29, 0.717) is 22.2 Å². The second kappa shape index (κ2) is 4.41. The zero-order chi connectivity index (χ0) is 11.5. The molecule has 0 saturated carbocycles. The van der Waals surface area contributed by atoms with E-state index >= 15 is 0 Å². The molecule has 16 heavy (non-hydrogen) atoms. The molecule has 0 aliphatic rings. The molecule has 2 aromatic rings. The van der Waals surface area contributed by atoms with Gasteiger partial charge in [0.15, 0.2) is 0 Å². The first kappa shape index (κ1) is 10.8. The molecule has 0 aliphatic heterocycles. The van der Waals surface area contributed by atoms with E-state index in [-0.39, 0.29) is 5.82 Å². The molecule has 2 N–H and O–H groups in total. The lowest BCUT2D eigenvalue weighted by Crippen LogP contribution is -1.88. The van der Waals surface area contributed by atoms with E-state index < -0.39 is 0 Å². The Bertz CT molecular complexity index is 516. The minimum Gasteiger partial charge on any atom is -0.456 e. The van der Waals surface area contributed by atoms with Gasteiger partial charge in [-0.15, -0.1) is 0 Å². The van der Waals surface area contributed by atoms with Crippen molar-refractivity contribution in [1.82, 2.24) is 0 Å². The first-order valence-electron chi connectivity index (χ1n) is 4.63. The van der Waals surface area contributed by atoms with Crippen molar-refractivity contribution in [2.24, 2.45) is 0 Å². The van der Waals surface area contributed by atoms with Gasteiger partial charge >= 0.3 is 0 Å². The van der Waals surface area contributed by atoms with Crippen molar-refractivity contribution in [3.8, 4) is 11.5 Å². The van der Waals surface area contributed by atoms with Crippen LogP contribution in [-0.2, 0) is 0 Å². The van der Waals surface area contributed by atoms with Crippen LogP contribution in [0, 0.1) is 5.82 Å². The van der Waals surface area contributed by atoms with Crippen molar-refractivity contribution in [2.75, 3.05) is 5.73 Å². The molecule has 0 radical (unpaired) electrons. The Hall–Kier alpha value is -1.74. The van der Waals surface area contributed by atoms with Gasteiger partial charge < -0.3 is 10.5 Å². The van der Waals surface area contributed by atoms with Gasteiger partial charge in [0, 0.05) is 11.8 Å². The van der Waals surface area contributed by atoms with E-state index in [1.807, 2.05) is 0 Å². The number of rotatable bonds is 2. The van der Waals surface area contributed by atoms with E-state index in [1.165, 1.54) is 12.1 Å². The lowest BCUT2D eigenvalue weighted by molar-refractivity contribution is 0.477. The number of benzene rings is 2. The van der Waals surface area contributed by atoms with Gasteiger partial charge in [-0.05, 0) is 30.3 Å². The fraction of sp³-hybridized carbons (Fsp3) is 0. The maximum atomic E-state index is 12.9. The normalized spacial score (nSPS) is 10.1. The molecular weight excluding hydrogens is 229 g/mol. The fourth-order valence-electron chi connectivity index (χ4n) is 1.26. The van der Waals surface area contributed by atoms with Gasteiger partial charge in [-0.2, -0.15) is 0 Å². The van der Waals surface area contributed by atoms with Crippen LogP contribution in [0.2, 0.25) is 5.02 Å². The summed E-state index contributed by atoms with van der Waals surface area (Å²) < 4.78 is 18.3. The Kier molecular flexibility index (Phi) is 2.97. The van der Waals surface area contributed by atoms with Crippen LogP contribution >= 0.6 is 11.6 Å². The molecule has 0 bridgehead atoms. The number of nitrogens with two attached hydrogens (primary N) is 1. The van der Waals surface area contributed by atoms with Crippen LogP contribution in [0.4, 0.5) is 10.1 Å². The van der Waals surface area contributed by atoms with Gasteiger partial charge in [-0.25, -0.2) is 4.39 Å². The predicted octanol–water partition coefficient (Wildman–Crippen LogP) is 3.85. The molecule has 2 aromatic carbocycles. The third-order valence-electron chi connectivity index (χ3n) is 1.98. The zero-order valence-electron chi connectivity index (χ0n) is 8.28. The maximum Gasteiger partial charge on any atom is 0.146 e. The topological polar surface area (TPSA) is 35.2 Å². The van der Waals surface area contributed by atoms with Crippen LogP contribution in [0.5, 0.6) is 11.5 Å². The summed E-state index contributed by atoms with van der Waals surface area (Å²) in [6, 6.07) is 10.7. The molecule has 0 atom stereocenters. The van der Waals surface area contributed by atoms with Gasteiger partial charge in [0.05, 0.1) is 5.02 Å². The predicted molar refractivity (Wildman–Crippen MR) is 62.3 cm³/mol. The highest BCUT2D eigenvalue weighted by atomic mass is 35.5. The van der Waals surface area contributed by atoms with Crippen LogP contribution in [0.3, 0.4) is 0 Å². The summed E-state index contributed by atoms with van der Waals surface area (Å²) in [4.78, 5) is 0. The van der Waals surface area contributed by atoms with Crippen LogP contribution in [0.25, 0.3) is 0 Å². The quantitative estimate of drug-likeness (QED) is 0.805. The summed E-state index contributed by atoms with van der Waals surface area (Å²) in [6.07, 6.45) is 0. The molecule has 4 heteroatoms. The molecule has 0 spiro atoms. The van der Waals surface area contributed by atoms with Gasteiger partial charge in [0.2, 0.25) is 0 Å². The lowest BCUT2D eigenvalue weighted by atomic mass is 10.3. The van der Waals surface area contributed by atoms with Crippen LogP contribution in [0.1, 0.15) is 0 Å². The molecule has 82 valence electrons. The van der Waals surface area contributed by atoms with Crippen LogP contribution in [0.15, 0.2) is 42.5 Å². The van der Waals surface area contributed by atoms with E-state index in [4.69, 9.17) is 22.1 Å². The molecule has 0 amide bonds. The summed E-state index contributed by atoms with van der Waals surface area (Å²) in [5, 5.41) is 0.393. The van der Waals surface area contributed by atoms with Crippen molar-refractivity contribution in [2.45, 2.75) is 0 Å². The van der Waals surface area contributed by atoms with E-state index in [2.05, 4.69) is 0 Å². The first-order chi connectivity index (χ1) is 7.65. The summed E-state index contributed by atoms with van der Waals surface area (Å²) in [5.74, 6) is 0.484. The SMILES string of the molecule is Nc1ccc(Oc2cccc(F)c2)c(Cl)c1. The zero-order valence-corrected chi connectivity index (χ0v) is 9.04. The Morgan fingerprint density at radius 1 is 1.12 bits per heavy atom. The maximum absolute atomic E-state index is 12.9. The second-order valence-electron chi connectivity index (χ2n) is 3.25. The molecule has 2 rings (SSSR count). The smallest absolute Gasteiger partial charge is 0.146 e. The standard InChI is InChI=1S/C12H9ClFNO/c13-11-7-9(15)4-5-12(11)16-10-3-1-2-8(14)6-10/h1-7H,15H2. The second-order valence-corrected chi connectivity index (χ2v) is 3.66. The Balaban J connectivity index is 2.27. The first-order valence-corrected chi connectivity index (χ1v) is 5.01. The van der Waals surface area contributed by atoms with E-state index in [9.17, 15) is 4.39 Å². The van der Waals surface area contributed by atoms with Crippen molar-refractivity contribution < 1.29 is 9.13 Å². The number of nitrogen functional groups attached to an aromatic ring is 1. The van der Waals surface area contributed by atoms with Gasteiger partial charge in [-0.1, -0.05) is 17.7 Å². The number of anilines is 1. The minimum absolute atomic E-state index is 0.357. The Morgan fingerprint density at radius 3 is 2.62 bits per heavy atom. The van der Waals surface area contributed by atoms with Gasteiger partial charge in [-0.3, -0.25) is 0 Å². The molecule has 0 aromatic heterocycles. The molecule has 0 fully saturated rings. The molecule has 0 saturated heterocycles. The molecule has 0 aliphatic carbocycles. The molecule has 0 unspecified atom stereocenters. The average Bonchev–Trinajstić information content (AvgIpc) is 2.22. The van der Waals surface area contributed by atoms with E-state index in [1.54, 1.807) is 30.3 Å². The van der Waals surface area contributed by atoms with Crippen LogP contribution in [-0.4, -0.2) is 0 Å². The van der Waals surface area contributed by atoms with Crippen molar-refractivity contribution in [3.05, 3.63) is 53.3 Å². The van der Waals surface area contributed by atoms with Crippen LogP contribution < -0.4 is 10.5 Å². The minimum atomic E-state index is -0.357. The number of hydrogen-bond donors (Lipinski definition) is 1. The largest absolute Gasteiger partial charge is 0.456 e. The fourth-order valence-corrected chi connectivity index (χ4v) is 1.48. The van der Waals surface area contributed by atoms with E-state index in [0.717, 1.165) is 0 Å². The van der Waals surface area contributed by atoms with Crippen molar-refractivity contribution in [3.63, 3.8) is 0 Å². The summed E-state index contributed by atoms with van der Waals surface area (Å²) in [7, 11) is 0. The monoisotopic (exact) mass is 237 g/mol. The van der Waals surface area contributed by atoms with Gasteiger partial charge in [0.25, 0.3) is 0 Å². The number of ether oxygens (including phenoxy) is 1. The Labute approximate surface area is 97.4 Å². The highest BCUT2D eigenvalue weighted by molar-refractivity contribution is 6.32. The summed E-state index contributed by atoms with van der Waals surface area (Å²) >= 11 is 5.92. The summed E-state index contributed by atoms with van der Waals surface area (Å²) in [5.41, 5.74) is 6.10. The molecule has 2 nitrogen and oxygen atoms in total. The molecule has 0 heterocycles. The molecular formula is C12H9ClFNO. The van der Waals surface area contributed by atoms with Crippen molar-refractivity contribution >= 4 is 17.3 Å². The lowest BCUT2D eigenvalue weighted by Gasteiger charge is -2.07. The van der Waals surface area contributed by atoms with Gasteiger partial charge in [0.1, 0.15) is 17.3 Å². The number of hydrogen-bond acceptors (Lipinski definition) is 2. The highest BCUT2D eigenvalue weighted by Gasteiger charge is 2.03. The third kappa shape index (κ3) is 2.44. The summed E-state index contributed by atoms with van der Waals surface area (Å²) in [6.45, 7) is 0. The number of halogens is 2. The third-order valence-corrected chi connectivity index (χ3v) is 2.28. The highest BCUT2D eigenvalue weighted by Crippen LogP contribution is 2.30. The van der Waals surface area contributed by atoms with Crippen molar-refractivity contribution in [1.29, 1.82) is 0 Å². The Morgan fingerprint density at radius 2 is 1.94 bits per heavy atom.